The number of hydrogen-bond acceptors (Lipinski definition) is 9. The number of likely N-dealkylation sites (tertiary alicyclic amines) is 1. The molecule has 0 saturated carbocycles. The van der Waals surface area contributed by atoms with E-state index in [0.717, 1.165) is 9.87 Å². The van der Waals surface area contributed by atoms with Gasteiger partial charge in [-0.3, -0.25) is 19.4 Å². The summed E-state index contributed by atoms with van der Waals surface area (Å²) in [6.45, 7) is 13.7. The zero-order chi connectivity index (χ0) is 34.1. The monoisotopic (exact) mass is 647 g/mol. The molecule has 1 aliphatic heterocycles. The quantitative estimate of drug-likeness (QED) is 0.309. The number of rotatable bonds is 11. The number of nitrogens with zero attached hydrogens (tertiary/aromatic N) is 3. The van der Waals surface area contributed by atoms with Gasteiger partial charge in [-0.1, -0.05) is 33.8 Å². The summed E-state index contributed by atoms with van der Waals surface area (Å²) in [4.78, 5) is 46.6. The molecule has 13 nitrogen and oxygen atoms in total. The average Bonchev–Trinajstić information content (AvgIpc) is 3.39. The lowest BCUT2D eigenvalue weighted by Crippen LogP contribution is -2.64. The second-order valence-electron chi connectivity index (χ2n) is 12.8. The molecule has 0 radical (unpaired) electrons. The van der Waals surface area contributed by atoms with Gasteiger partial charge in [-0.15, -0.1) is 6.58 Å². The number of nitrogens with one attached hydrogen (secondary N) is 2. The van der Waals surface area contributed by atoms with Crippen molar-refractivity contribution in [2.75, 3.05) is 27.7 Å². The lowest BCUT2D eigenvalue weighted by molar-refractivity contribution is -0.150. The van der Waals surface area contributed by atoms with Crippen LogP contribution < -0.4 is 19.5 Å². The second kappa shape index (κ2) is 13.3. The van der Waals surface area contributed by atoms with Crippen molar-refractivity contribution in [1.82, 2.24) is 24.2 Å². The fourth-order valence-electron chi connectivity index (χ4n) is 4.99. The smallest absolute Gasteiger partial charge is 0.303 e. The highest BCUT2D eigenvalue weighted by molar-refractivity contribution is 7.87. The van der Waals surface area contributed by atoms with Gasteiger partial charge in [-0.25, -0.2) is 4.72 Å². The van der Waals surface area contributed by atoms with E-state index in [1.807, 2.05) is 17.7 Å². The van der Waals surface area contributed by atoms with E-state index in [-0.39, 0.29) is 13.0 Å². The molecule has 3 rings (SSSR count). The Morgan fingerprint density at radius 2 is 1.82 bits per heavy atom. The maximum Gasteiger partial charge on any atom is 0.303 e. The third kappa shape index (κ3) is 7.39. The second-order valence-corrected chi connectivity index (χ2v) is 14.7. The van der Waals surface area contributed by atoms with Gasteiger partial charge in [0.25, 0.3) is 11.8 Å². The Morgan fingerprint density at radius 1 is 1.18 bits per heavy atom. The number of aryl methyl sites for hydroxylation is 1. The van der Waals surface area contributed by atoms with Gasteiger partial charge in [0.1, 0.15) is 35.3 Å². The number of ether oxygens (including phenoxy) is 2. The van der Waals surface area contributed by atoms with Crippen molar-refractivity contribution in [2.45, 2.75) is 71.8 Å². The van der Waals surface area contributed by atoms with Crippen LogP contribution in [-0.2, 0) is 24.6 Å². The van der Waals surface area contributed by atoms with E-state index >= 15 is 0 Å². The molecule has 1 unspecified atom stereocenters. The lowest BCUT2D eigenvalue weighted by atomic mass is 9.85. The number of pyridine rings is 1. The molecular formula is C31H45N5O8S. The highest BCUT2D eigenvalue weighted by Gasteiger charge is 2.48. The number of aliphatic hydroxyl groups excluding tert-OH is 1. The molecule has 3 N–H and O–H groups in total. The molecule has 45 heavy (non-hydrogen) atoms. The van der Waals surface area contributed by atoms with Gasteiger partial charge in [0.15, 0.2) is 0 Å². The van der Waals surface area contributed by atoms with Gasteiger partial charge >= 0.3 is 10.2 Å². The Hall–Kier alpha value is -3.75. The van der Waals surface area contributed by atoms with Crippen molar-refractivity contribution in [1.29, 1.82) is 0 Å². The molecule has 0 bridgehead atoms. The first-order valence-electron chi connectivity index (χ1n) is 14.5. The summed E-state index contributed by atoms with van der Waals surface area (Å²) in [5.74, 6) is -1.95. The lowest BCUT2D eigenvalue weighted by Gasteiger charge is -2.36. The zero-order valence-corrected chi connectivity index (χ0v) is 28.2. The van der Waals surface area contributed by atoms with Crippen LogP contribution in [0, 0.1) is 18.3 Å². The van der Waals surface area contributed by atoms with Crippen LogP contribution in [0.15, 0.2) is 37.1 Å². The Kier molecular flexibility index (Phi) is 10.6. The van der Waals surface area contributed by atoms with Crippen molar-refractivity contribution >= 4 is 38.8 Å². The minimum atomic E-state index is -4.18. The highest BCUT2D eigenvalue weighted by Crippen LogP contribution is 2.34. The SMILES string of the molecule is C=CC(C)[C@@](C)(NC(=O)[C@@H]1C[C@@H](Oc2ccnc3c(C)c(OC)ccc23)CN1C(=O)[C@@H](O)C(C)(C)C)C(=O)NS(=O)(=O)N(C)C. The molecule has 2 aromatic rings. The molecule has 1 fully saturated rings. The first-order chi connectivity index (χ1) is 20.8. The van der Waals surface area contributed by atoms with Gasteiger partial charge in [-0.05, 0) is 37.5 Å². The van der Waals surface area contributed by atoms with Crippen molar-refractivity contribution in [3.8, 4) is 11.5 Å². The van der Waals surface area contributed by atoms with Crippen molar-refractivity contribution in [2.24, 2.45) is 11.3 Å². The van der Waals surface area contributed by atoms with Crippen LogP contribution in [0.4, 0.5) is 0 Å². The molecule has 1 aromatic carbocycles. The average molecular weight is 648 g/mol. The Morgan fingerprint density at radius 3 is 2.38 bits per heavy atom. The summed E-state index contributed by atoms with van der Waals surface area (Å²) >= 11 is 0. The van der Waals surface area contributed by atoms with E-state index in [1.54, 1.807) is 53.1 Å². The topological polar surface area (TPSA) is 167 Å². The third-order valence-electron chi connectivity index (χ3n) is 8.31. The fourth-order valence-corrected chi connectivity index (χ4v) is 5.62. The summed E-state index contributed by atoms with van der Waals surface area (Å²) < 4.78 is 39.5. The number of methoxy groups -OCH3 is 1. The molecule has 1 aromatic heterocycles. The van der Waals surface area contributed by atoms with Crippen LogP contribution in [0.3, 0.4) is 0 Å². The number of amides is 3. The summed E-state index contributed by atoms with van der Waals surface area (Å²) in [7, 11) is -0.0916. The summed E-state index contributed by atoms with van der Waals surface area (Å²) in [5, 5.41) is 14.3. The van der Waals surface area contributed by atoms with Crippen molar-refractivity contribution < 1.29 is 37.4 Å². The minimum absolute atomic E-state index is 0.0298. The first-order valence-corrected chi connectivity index (χ1v) is 16.0. The maximum atomic E-state index is 14.0. The Labute approximate surface area is 265 Å². The summed E-state index contributed by atoms with van der Waals surface area (Å²) in [5.41, 5.74) is -1.11. The van der Waals surface area contributed by atoms with E-state index in [4.69, 9.17) is 9.47 Å². The van der Waals surface area contributed by atoms with Crippen LogP contribution in [0.25, 0.3) is 10.9 Å². The number of fused-ring (bicyclic) bond motifs is 1. The normalized spacial score (nSPS) is 19.8. The number of carbonyl (C=O) groups excluding carboxylic acids is 3. The van der Waals surface area contributed by atoms with Gasteiger partial charge in [0.2, 0.25) is 5.91 Å². The number of aromatic nitrogens is 1. The number of aliphatic hydroxyl groups is 1. The van der Waals surface area contributed by atoms with E-state index in [9.17, 15) is 27.9 Å². The molecule has 2 heterocycles. The van der Waals surface area contributed by atoms with Crippen LogP contribution in [0.1, 0.15) is 46.6 Å². The molecule has 248 valence electrons. The van der Waals surface area contributed by atoms with E-state index in [2.05, 4.69) is 16.9 Å². The first kappa shape index (κ1) is 35.7. The van der Waals surface area contributed by atoms with Crippen LogP contribution in [-0.4, -0.2) is 97.0 Å². The zero-order valence-electron chi connectivity index (χ0n) is 27.4. The van der Waals surface area contributed by atoms with Gasteiger partial charge in [-0.2, -0.15) is 12.7 Å². The predicted octanol–water partition coefficient (Wildman–Crippen LogP) is 1.93. The fraction of sp³-hybridized carbons (Fsp3) is 0.548. The third-order valence-corrected chi connectivity index (χ3v) is 9.72. The van der Waals surface area contributed by atoms with Crippen LogP contribution >= 0.6 is 0 Å². The highest BCUT2D eigenvalue weighted by atomic mass is 32.2. The number of benzene rings is 1. The molecular weight excluding hydrogens is 602 g/mol. The van der Waals surface area contributed by atoms with Crippen LogP contribution in [0.2, 0.25) is 0 Å². The standard InChI is InChI=1S/C31H45N5O8S/c1-11-18(2)31(7,29(40)34-45(41,42)35(8)9)33-27(38)22-16-20(17-36(22)28(39)26(37)30(4,5)6)44-24-14-15-32-25-19(3)23(43-10)13-12-21(24)25/h11-15,18,20,22,26,37H,1,16-17H2,2-10H3,(H,33,38)(H,34,40)/t18?,20-,22+,26-,31-/m1/s1. The maximum absolute atomic E-state index is 14.0. The van der Waals surface area contributed by atoms with Crippen LogP contribution in [0.5, 0.6) is 11.5 Å². The molecule has 1 saturated heterocycles. The van der Waals surface area contributed by atoms with Gasteiger partial charge < -0.3 is 24.8 Å². The summed E-state index contributed by atoms with van der Waals surface area (Å²) in [6.07, 6.45) is 0.939. The van der Waals surface area contributed by atoms with E-state index in [1.165, 1.54) is 32.0 Å². The number of carbonyl (C=O) groups is 3. The Bertz CT molecular complexity index is 1570. The van der Waals surface area contributed by atoms with Gasteiger partial charge in [0, 0.05) is 43.6 Å². The molecule has 0 aliphatic carbocycles. The summed E-state index contributed by atoms with van der Waals surface area (Å²) in [6, 6.07) is 4.16. The van der Waals surface area contributed by atoms with Crippen molar-refractivity contribution in [3.63, 3.8) is 0 Å². The predicted molar refractivity (Wildman–Crippen MR) is 170 cm³/mol. The molecule has 0 spiro atoms. The van der Waals surface area contributed by atoms with E-state index < -0.39 is 63.1 Å². The minimum Gasteiger partial charge on any atom is -0.496 e. The largest absolute Gasteiger partial charge is 0.496 e. The Balaban J connectivity index is 1.99. The molecule has 1 aliphatic rings. The van der Waals surface area contributed by atoms with E-state index in [0.29, 0.717) is 22.4 Å². The molecule has 5 atom stereocenters. The number of hydrogen-bond donors (Lipinski definition) is 3. The van der Waals surface area contributed by atoms with Gasteiger partial charge in [0.05, 0.1) is 19.2 Å². The molecule has 14 heteroatoms. The van der Waals surface area contributed by atoms with Crippen molar-refractivity contribution in [3.05, 3.63) is 42.6 Å². The molecule has 3 amide bonds.